The van der Waals surface area contributed by atoms with Gasteiger partial charge in [0.15, 0.2) is 0 Å². The number of carbonyl (C=O) groups is 1. The summed E-state index contributed by atoms with van der Waals surface area (Å²) >= 11 is 0. The zero-order chi connectivity index (χ0) is 18.5. The highest BCUT2D eigenvalue weighted by Gasteiger charge is 2.18. The number of amides is 1. The first-order chi connectivity index (χ1) is 10.9. The first-order valence-electron chi connectivity index (χ1n) is 7.89. The maximum absolute atomic E-state index is 11.8. The van der Waals surface area contributed by atoms with E-state index >= 15 is 0 Å². The van der Waals surface area contributed by atoms with E-state index in [0.29, 0.717) is 5.56 Å². The van der Waals surface area contributed by atoms with Gasteiger partial charge in [-0.3, -0.25) is 4.79 Å². The molecule has 1 aromatic carbocycles. The van der Waals surface area contributed by atoms with Crippen molar-refractivity contribution >= 4 is 28.2 Å². The minimum absolute atomic E-state index is 0. The summed E-state index contributed by atoms with van der Waals surface area (Å²) in [7, 11) is -3.15. The molecule has 0 aliphatic rings. The Morgan fingerprint density at radius 2 is 1.76 bits per heavy atom. The number of aliphatic hydroxyl groups excluding tert-OH is 1. The van der Waals surface area contributed by atoms with Crippen LogP contribution >= 0.6 is 12.4 Å². The quantitative estimate of drug-likeness (QED) is 0.648. The Bertz CT molecular complexity index is 654. The minimum Gasteiger partial charge on any atom is -0.387 e. The van der Waals surface area contributed by atoms with E-state index in [-0.39, 0.29) is 36.5 Å². The molecule has 0 aromatic heterocycles. The van der Waals surface area contributed by atoms with Gasteiger partial charge in [-0.2, -0.15) is 0 Å². The molecule has 0 saturated heterocycles. The topological polar surface area (TPSA) is 109 Å². The van der Waals surface area contributed by atoms with Crippen LogP contribution in [0.5, 0.6) is 0 Å². The molecule has 0 bridgehead atoms. The van der Waals surface area contributed by atoms with Crippen LogP contribution in [0.15, 0.2) is 24.3 Å². The summed E-state index contributed by atoms with van der Waals surface area (Å²) in [5.41, 5.74) is 7.55. The van der Waals surface area contributed by atoms with Crippen molar-refractivity contribution in [2.45, 2.75) is 44.8 Å². The smallest absolute Gasteiger partial charge is 0.237 e. The largest absolute Gasteiger partial charge is 0.387 e. The van der Waals surface area contributed by atoms with Gasteiger partial charge in [0.2, 0.25) is 5.91 Å². The molecule has 0 heterocycles. The average molecular weight is 393 g/mol. The van der Waals surface area contributed by atoms with Crippen molar-refractivity contribution in [2.75, 3.05) is 18.6 Å². The molecule has 1 aromatic rings. The molecule has 0 aliphatic carbocycles. The average Bonchev–Trinajstić information content (AvgIpc) is 2.48. The standard InChI is InChI=1S/C17H28N2O4S.ClH/c1-17(2,3)13-7-5-12(6-8-13)15(20)11-19-16(21)14(18)9-10-24(4,22)23;/h5-8,14-15,20H,9-11,18H2,1-4H3,(H,19,21);1H. The van der Waals surface area contributed by atoms with Gasteiger partial charge in [-0.1, -0.05) is 45.0 Å². The normalized spacial score (nSPS) is 14.3. The lowest BCUT2D eigenvalue weighted by atomic mass is 9.86. The van der Waals surface area contributed by atoms with Crippen molar-refractivity contribution < 1.29 is 18.3 Å². The molecule has 0 fully saturated rings. The molecule has 6 nitrogen and oxygen atoms in total. The predicted octanol–water partition coefficient (Wildman–Crippen LogP) is 1.32. The molecule has 0 radical (unpaired) electrons. The fraction of sp³-hybridized carbons (Fsp3) is 0.588. The first-order valence-corrected chi connectivity index (χ1v) is 9.96. The fourth-order valence-corrected chi connectivity index (χ4v) is 2.81. The Hall–Kier alpha value is -1.15. The van der Waals surface area contributed by atoms with Gasteiger partial charge in [-0.15, -0.1) is 12.4 Å². The van der Waals surface area contributed by atoms with E-state index in [1.54, 1.807) is 0 Å². The van der Waals surface area contributed by atoms with Gasteiger partial charge >= 0.3 is 0 Å². The minimum atomic E-state index is -3.15. The van der Waals surface area contributed by atoms with Crippen LogP contribution in [-0.4, -0.2) is 44.0 Å². The second kappa shape index (κ2) is 9.52. The third kappa shape index (κ3) is 8.67. The molecule has 144 valence electrons. The van der Waals surface area contributed by atoms with E-state index in [1.807, 2.05) is 24.3 Å². The third-order valence-corrected chi connectivity index (χ3v) is 4.74. The summed E-state index contributed by atoms with van der Waals surface area (Å²) < 4.78 is 22.2. The molecule has 25 heavy (non-hydrogen) atoms. The summed E-state index contributed by atoms with van der Waals surface area (Å²) in [5.74, 6) is -0.609. The molecule has 0 saturated carbocycles. The second-order valence-electron chi connectivity index (χ2n) is 7.16. The zero-order valence-corrected chi connectivity index (χ0v) is 16.8. The third-order valence-electron chi connectivity index (χ3n) is 3.77. The maximum atomic E-state index is 11.8. The summed E-state index contributed by atoms with van der Waals surface area (Å²) in [6.45, 7) is 6.35. The second-order valence-corrected chi connectivity index (χ2v) is 9.42. The number of hydrogen-bond donors (Lipinski definition) is 3. The van der Waals surface area contributed by atoms with Crippen molar-refractivity contribution in [1.82, 2.24) is 5.32 Å². The monoisotopic (exact) mass is 392 g/mol. The van der Waals surface area contributed by atoms with Crippen LogP contribution in [0.4, 0.5) is 0 Å². The van der Waals surface area contributed by atoms with E-state index in [9.17, 15) is 18.3 Å². The summed E-state index contributed by atoms with van der Waals surface area (Å²) in [4.78, 5) is 11.8. The van der Waals surface area contributed by atoms with Crippen LogP contribution in [0.1, 0.15) is 44.4 Å². The summed E-state index contributed by atoms with van der Waals surface area (Å²) in [5, 5.41) is 12.7. The van der Waals surface area contributed by atoms with Crippen molar-refractivity contribution in [2.24, 2.45) is 5.73 Å². The van der Waals surface area contributed by atoms with E-state index < -0.39 is 27.9 Å². The highest BCUT2D eigenvalue weighted by Crippen LogP contribution is 2.23. The van der Waals surface area contributed by atoms with Crippen molar-refractivity contribution in [3.8, 4) is 0 Å². The molecular weight excluding hydrogens is 364 g/mol. The molecule has 8 heteroatoms. The molecule has 0 spiro atoms. The van der Waals surface area contributed by atoms with Crippen LogP contribution in [0, 0.1) is 0 Å². The van der Waals surface area contributed by atoms with Gasteiger partial charge in [0.1, 0.15) is 9.84 Å². The Morgan fingerprint density at radius 3 is 2.20 bits per heavy atom. The zero-order valence-electron chi connectivity index (χ0n) is 15.2. The Kier molecular flexibility index (Phi) is 9.08. The Morgan fingerprint density at radius 1 is 1.24 bits per heavy atom. The number of hydrogen-bond acceptors (Lipinski definition) is 5. The van der Waals surface area contributed by atoms with Gasteiger partial charge in [-0.25, -0.2) is 8.42 Å². The summed E-state index contributed by atoms with van der Waals surface area (Å²) in [6.07, 6.45) is 0.314. The number of rotatable bonds is 7. The number of sulfone groups is 1. The molecule has 1 amide bonds. The lowest BCUT2D eigenvalue weighted by Crippen LogP contribution is -2.43. The number of nitrogens with one attached hydrogen (secondary N) is 1. The highest BCUT2D eigenvalue weighted by molar-refractivity contribution is 7.90. The van der Waals surface area contributed by atoms with E-state index in [2.05, 4.69) is 26.1 Å². The van der Waals surface area contributed by atoms with Gasteiger partial charge in [0.05, 0.1) is 17.9 Å². The Balaban J connectivity index is 0.00000576. The molecular formula is C17H29ClN2O4S. The van der Waals surface area contributed by atoms with Crippen LogP contribution in [0.3, 0.4) is 0 Å². The van der Waals surface area contributed by atoms with Crippen LogP contribution in [0.2, 0.25) is 0 Å². The van der Waals surface area contributed by atoms with Crippen molar-refractivity contribution in [3.05, 3.63) is 35.4 Å². The van der Waals surface area contributed by atoms with Gasteiger partial charge < -0.3 is 16.2 Å². The number of nitrogens with two attached hydrogens (primary N) is 1. The predicted molar refractivity (Wildman–Crippen MR) is 103 cm³/mol. The van der Waals surface area contributed by atoms with Gasteiger partial charge in [0.25, 0.3) is 0 Å². The lowest BCUT2D eigenvalue weighted by molar-refractivity contribution is -0.122. The molecule has 0 aliphatic heterocycles. The molecule has 2 unspecified atom stereocenters. The molecule has 2 atom stereocenters. The first kappa shape index (κ1) is 23.9. The van der Waals surface area contributed by atoms with Crippen molar-refractivity contribution in [3.63, 3.8) is 0 Å². The molecule has 4 N–H and O–H groups in total. The number of carbonyl (C=O) groups excluding carboxylic acids is 1. The van der Waals surface area contributed by atoms with E-state index in [4.69, 9.17) is 5.73 Å². The fourth-order valence-electron chi connectivity index (χ4n) is 2.12. The van der Waals surface area contributed by atoms with E-state index in [1.165, 1.54) is 0 Å². The highest BCUT2D eigenvalue weighted by atomic mass is 35.5. The summed E-state index contributed by atoms with van der Waals surface area (Å²) in [6, 6.07) is 6.67. The number of benzene rings is 1. The SMILES string of the molecule is CC(C)(C)c1ccc(C(O)CNC(=O)C(N)CCS(C)(=O)=O)cc1.Cl. The number of aliphatic hydroxyl groups is 1. The van der Waals surface area contributed by atoms with Gasteiger partial charge in [-0.05, 0) is 23.0 Å². The van der Waals surface area contributed by atoms with Crippen LogP contribution in [0.25, 0.3) is 0 Å². The van der Waals surface area contributed by atoms with Crippen LogP contribution < -0.4 is 11.1 Å². The maximum Gasteiger partial charge on any atom is 0.237 e. The van der Waals surface area contributed by atoms with Gasteiger partial charge in [0, 0.05) is 12.8 Å². The number of halogens is 1. The lowest BCUT2D eigenvalue weighted by Gasteiger charge is -2.20. The van der Waals surface area contributed by atoms with Crippen LogP contribution in [-0.2, 0) is 20.0 Å². The van der Waals surface area contributed by atoms with E-state index in [0.717, 1.165) is 11.8 Å². The Labute approximate surface area is 156 Å². The van der Waals surface area contributed by atoms with Crippen molar-refractivity contribution in [1.29, 1.82) is 0 Å². The molecule has 1 rings (SSSR count).